The number of nitrogen functional groups attached to an aromatic ring is 1. The van der Waals surface area contributed by atoms with E-state index in [0.29, 0.717) is 12.1 Å². The summed E-state index contributed by atoms with van der Waals surface area (Å²) in [5.41, 5.74) is 9.05. The van der Waals surface area contributed by atoms with E-state index in [1.165, 1.54) is 7.11 Å². The summed E-state index contributed by atoms with van der Waals surface area (Å²) < 4.78 is 4.65. The van der Waals surface area contributed by atoms with Crippen LogP contribution in [0.25, 0.3) is 0 Å². The van der Waals surface area contributed by atoms with E-state index in [-0.39, 0.29) is 5.97 Å². The Balaban J connectivity index is 1.98. The van der Waals surface area contributed by atoms with E-state index in [1.807, 2.05) is 36.4 Å². The highest BCUT2D eigenvalue weighted by Gasteiger charge is 2.03. The number of methoxy groups -OCH3 is 1. The van der Waals surface area contributed by atoms with Gasteiger partial charge in [-0.3, -0.25) is 0 Å². The maximum Gasteiger partial charge on any atom is 0.337 e. The van der Waals surface area contributed by atoms with Gasteiger partial charge in [0, 0.05) is 17.9 Å². The summed E-state index contributed by atoms with van der Waals surface area (Å²) in [7, 11) is 1.37. The van der Waals surface area contributed by atoms with Gasteiger partial charge in [-0.05, 0) is 42.0 Å². The molecule has 0 unspecified atom stereocenters. The number of rotatable bonds is 4. The summed E-state index contributed by atoms with van der Waals surface area (Å²) in [5, 5.41) is 3.26. The third-order valence-corrected chi connectivity index (χ3v) is 2.75. The predicted molar refractivity (Wildman–Crippen MR) is 76.0 cm³/mol. The van der Waals surface area contributed by atoms with Crippen molar-refractivity contribution < 1.29 is 9.53 Å². The summed E-state index contributed by atoms with van der Waals surface area (Å²) in [4.78, 5) is 11.3. The number of carbonyl (C=O) groups excluding carboxylic acids is 1. The van der Waals surface area contributed by atoms with Crippen LogP contribution in [0.15, 0.2) is 48.5 Å². The number of hydrogen-bond donors (Lipinski definition) is 2. The Hall–Kier alpha value is -2.49. The summed E-state index contributed by atoms with van der Waals surface area (Å²) in [6, 6.07) is 14.9. The van der Waals surface area contributed by atoms with Crippen molar-refractivity contribution >= 4 is 17.3 Å². The molecule has 0 bridgehead atoms. The van der Waals surface area contributed by atoms with Crippen LogP contribution in [0.2, 0.25) is 0 Å². The molecule has 4 heteroatoms. The van der Waals surface area contributed by atoms with Gasteiger partial charge in [-0.25, -0.2) is 4.79 Å². The van der Waals surface area contributed by atoms with Crippen LogP contribution in [-0.4, -0.2) is 13.1 Å². The van der Waals surface area contributed by atoms with Gasteiger partial charge in [-0.1, -0.05) is 12.1 Å². The molecule has 0 saturated carbocycles. The first-order valence-corrected chi connectivity index (χ1v) is 5.96. The molecule has 2 aromatic rings. The molecule has 19 heavy (non-hydrogen) atoms. The van der Waals surface area contributed by atoms with E-state index in [9.17, 15) is 4.79 Å². The summed E-state index contributed by atoms with van der Waals surface area (Å²) >= 11 is 0. The number of esters is 1. The van der Waals surface area contributed by atoms with E-state index < -0.39 is 0 Å². The van der Waals surface area contributed by atoms with Gasteiger partial charge in [0.2, 0.25) is 0 Å². The molecule has 2 rings (SSSR count). The molecule has 0 aliphatic carbocycles. The Morgan fingerprint density at radius 1 is 1.21 bits per heavy atom. The van der Waals surface area contributed by atoms with Crippen LogP contribution < -0.4 is 11.1 Å². The van der Waals surface area contributed by atoms with Crippen molar-refractivity contribution in [1.29, 1.82) is 0 Å². The fraction of sp³-hybridized carbons (Fsp3) is 0.133. The quantitative estimate of drug-likeness (QED) is 0.652. The molecule has 0 heterocycles. The zero-order valence-electron chi connectivity index (χ0n) is 10.7. The zero-order valence-corrected chi connectivity index (χ0v) is 10.7. The largest absolute Gasteiger partial charge is 0.465 e. The minimum Gasteiger partial charge on any atom is -0.465 e. The fourth-order valence-electron chi connectivity index (χ4n) is 1.75. The standard InChI is InChI=1S/C15H16N2O2/c1-19-15(18)12-5-7-14(8-6-12)17-10-11-3-2-4-13(16)9-11/h2-9,17H,10,16H2,1H3. The van der Waals surface area contributed by atoms with Gasteiger partial charge >= 0.3 is 5.97 Å². The highest BCUT2D eigenvalue weighted by Crippen LogP contribution is 2.13. The lowest BCUT2D eigenvalue weighted by Crippen LogP contribution is -2.03. The number of hydrogen-bond acceptors (Lipinski definition) is 4. The summed E-state index contributed by atoms with van der Waals surface area (Å²) in [6.45, 7) is 0.683. The second kappa shape index (κ2) is 5.91. The van der Waals surface area contributed by atoms with E-state index in [2.05, 4.69) is 10.1 Å². The molecule has 0 aliphatic rings. The second-order valence-corrected chi connectivity index (χ2v) is 4.17. The van der Waals surface area contributed by atoms with E-state index in [1.54, 1.807) is 12.1 Å². The third kappa shape index (κ3) is 3.48. The van der Waals surface area contributed by atoms with Gasteiger partial charge in [-0.2, -0.15) is 0 Å². The maximum atomic E-state index is 11.3. The fourth-order valence-corrected chi connectivity index (χ4v) is 1.75. The second-order valence-electron chi connectivity index (χ2n) is 4.17. The minimum atomic E-state index is -0.331. The molecule has 0 aliphatic heterocycles. The lowest BCUT2D eigenvalue weighted by Gasteiger charge is -2.07. The molecule has 0 saturated heterocycles. The molecular weight excluding hydrogens is 240 g/mol. The highest BCUT2D eigenvalue weighted by molar-refractivity contribution is 5.89. The highest BCUT2D eigenvalue weighted by atomic mass is 16.5. The van der Waals surface area contributed by atoms with Gasteiger partial charge < -0.3 is 15.8 Å². The van der Waals surface area contributed by atoms with Gasteiger partial charge in [-0.15, -0.1) is 0 Å². The number of anilines is 2. The molecule has 0 spiro atoms. The molecule has 0 fully saturated rings. The Kier molecular flexibility index (Phi) is 4.03. The van der Waals surface area contributed by atoms with Crippen molar-refractivity contribution in [2.75, 3.05) is 18.2 Å². The lowest BCUT2D eigenvalue weighted by molar-refractivity contribution is 0.0601. The molecule has 3 N–H and O–H groups in total. The predicted octanol–water partition coefficient (Wildman–Crippen LogP) is 2.67. The first-order valence-electron chi connectivity index (χ1n) is 5.96. The van der Waals surface area contributed by atoms with Crippen molar-refractivity contribution in [2.45, 2.75) is 6.54 Å². The normalized spacial score (nSPS) is 9.95. The molecule has 0 atom stereocenters. The minimum absolute atomic E-state index is 0.331. The maximum absolute atomic E-state index is 11.3. The lowest BCUT2D eigenvalue weighted by atomic mass is 10.2. The average Bonchev–Trinajstić information content (AvgIpc) is 2.45. The Bertz CT molecular complexity index is 565. The number of carbonyl (C=O) groups is 1. The van der Waals surface area contributed by atoms with E-state index >= 15 is 0 Å². The topological polar surface area (TPSA) is 64.3 Å². The summed E-state index contributed by atoms with van der Waals surface area (Å²) in [5.74, 6) is -0.331. The monoisotopic (exact) mass is 256 g/mol. The smallest absolute Gasteiger partial charge is 0.337 e. The number of nitrogens with one attached hydrogen (secondary N) is 1. The average molecular weight is 256 g/mol. The van der Waals surface area contributed by atoms with Crippen LogP contribution in [0.3, 0.4) is 0 Å². The van der Waals surface area contributed by atoms with Crippen LogP contribution >= 0.6 is 0 Å². The van der Waals surface area contributed by atoms with Crippen molar-refractivity contribution in [3.05, 3.63) is 59.7 Å². The van der Waals surface area contributed by atoms with Crippen LogP contribution in [0, 0.1) is 0 Å². The third-order valence-electron chi connectivity index (χ3n) is 2.75. The van der Waals surface area contributed by atoms with Crippen molar-refractivity contribution in [1.82, 2.24) is 0 Å². The van der Waals surface area contributed by atoms with Crippen molar-refractivity contribution in [3.8, 4) is 0 Å². The molecule has 0 aromatic heterocycles. The zero-order chi connectivity index (χ0) is 13.7. The Labute approximate surface area is 112 Å². The van der Waals surface area contributed by atoms with Gasteiger partial charge in [0.1, 0.15) is 0 Å². The van der Waals surface area contributed by atoms with Crippen molar-refractivity contribution in [2.24, 2.45) is 0 Å². The molecule has 2 aromatic carbocycles. The SMILES string of the molecule is COC(=O)c1ccc(NCc2cccc(N)c2)cc1. The van der Waals surface area contributed by atoms with Crippen LogP contribution in [0.1, 0.15) is 15.9 Å². The van der Waals surface area contributed by atoms with E-state index in [4.69, 9.17) is 5.73 Å². The van der Waals surface area contributed by atoms with Crippen LogP contribution in [-0.2, 0) is 11.3 Å². The first-order chi connectivity index (χ1) is 9.19. The number of ether oxygens (including phenoxy) is 1. The number of nitrogens with two attached hydrogens (primary N) is 1. The Morgan fingerprint density at radius 3 is 2.58 bits per heavy atom. The molecule has 0 amide bonds. The number of benzene rings is 2. The molecule has 0 radical (unpaired) electrons. The van der Waals surface area contributed by atoms with Crippen molar-refractivity contribution in [3.63, 3.8) is 0 Å². The first kappa shape index (κ1) is 13.0. The van der Waals surface area contributed by atoms with Crippen LogP contribution in [0.5, 0.6) is 0 Å². The van der Waals surface area contributed by atoms with E-state index in [0.717, 1.165) is 16.9 Å². The van der Waals surface area contributed by atoms with Crippen LogP contribution in [0.4, 0.5) is 11.4 Å². The molecule has 4 nitrogen and oxygen atoms in total. The molecular formula is C15H16N2O2. The Morgan fingerprint density at radius 2 is 1.95 bits per heavy atom. The van der Waals surface area contributed by atoms with Gasteiger partial charge in [0.25, 0.3) is 0 Å². The van der Waals surface area contributed by atoms with Gasteiger partial charge in [0.05, 0.1) is 12.7 Å². The molecule has 98 valence electrons. The van der Waals surface area contributed by atoms with Gasteiger partial charge in [0.15, 0.2) is 0 Å². The summed E-state index contributed by atoms with van der Waals surface area (Å²) in [6.07, 6.45) is 0.